The molecule has 4 heterocycles. The van der Waals surface area contributed by atoms with E-state index in [1.807, 2.05) is 11.8 Å². The predicted octanol–water partition coefficient (Wildman–Crippen LogP) is -0.000120. The fourth-order valence-electron chi connectivity index (χ4n) is 6.01. The number of amides is 2. The molecule has 1 atom stereocenters. The third-order valence-corrected chi connectivity index (χ3v) is 8.42. The van der Waals surface area contributed by atoms with Crippen LogP contribution in [0.4, 0.5) is 0 Å². The van der Waals surface area contributed by atoms with Gasteiger partial charge in [0.05, 0.1) is 19.3 Å². The number of piperazine rings is 1. The SMILES string of the molecule is CCNC(=O)C(CN1CCOCC1)N1CCN(C(=O)C2(C#N)CCN(CC3CCOCC3)CC2)CC1. The van der Waals surface area contributed by atoms with Crippen LogP contribution in [0.3, 0.4) is 0 Å². The van der Waals surface area contributed by atoms with E-state index in [0.29, 0.717) is 71.2 Å². The normalized spacial score (nSPS) is 25.7. The zero-order valence-electron chi connectivity index (χ0n) is 22.0. The van der Waals surface area contributed by atoms with E-state index in [1.54, 1.807) is 0 Å². The van der Waals surface area contributed by atoms with E-state index in [2.05, 4.69) is 26.1 Å². The third kappa shape index (κ3) is 6.75. The van der Waals surface area contributed by atoms with Crippen molar-refractivity contribution in [2.75, 3.05) is 98.4 Å². The minimum atomic E-state index is -0.916. The van der Waals surface area contributed by atoms with Crippen LogP contribution in [0.25, 0.3) is 0 Å². The Hall–Kier alpha value is -1.77. The molecule has 0 bridgehead atoms. The zero-order valence-corrected chi connectivity index (χ0v) is 22.0. The molecule has 0 aromatic rings. The quantitative estimate of drug-likeness (QED) is 0.493. The van der Waals surface area contributed by atoms with Gasteiger partial charge in [-0.05, 0) is 38.5 Å². The fourth-order valence-corrected chi connectivity index (χ4v) is 6.01. The van der Waals surface area contributed by atoms with Crippen LogP contribution >= 0.6 is 0 Å². The van der Waals surface area contributed by atoms with Gasteiger partial charge in [0.25, 0.3) is 0 Å². The summed E-state index contributed by atoms with van der Waals surface area (Å²) in [5.41, 5.74) is -0.916. The van der Waals surface area contributed by atoms with Gasteiger partial charge in [0.15, 0.2) is 0 Å². The van der Waals surface area contributed by atoms with Crippen LogP contribution in [-0.2, 0) is 19.1 Å². The van der Waals surface area contributed by atoms with Gasteiger partial charge in [0.2, 0.25) is 11.8 Å². The molecule has 4 aliphatic rings. The van der Waals surface area contributed by atoms with Crippen molar-refractivity contribution >= 4 is 11.8 Å². The maximum Gasteiger partial charge on any atom is 0.243 e. The molecule has 36 heavy (non-hydrogen) atoms. The van der Waals surface area contributed by atoms with Crippen LogP contribution in [-0.4, -0.2) is 136 Å². The summed E-state index contributed by atoms with van der Waals surface area (Å²) in [4.78, 5) is 35.3. The summed E-state index contributed by atoms with van der Waals surface area (Å²) in [7, 11) is 0. The van der Waals surface area contributed by atoms with E-state index >= 15 is 0 Å². The summed E-state index contributed by atoms with van der Waals surface area (Å²) >= 11 is 0. The second kappa shape index (κ2) is 13.2. The summed E-state index contributed by atoms with van der Waals surface area (Å²) in [5, 5.41) is 13.1. The monoisotopic (exact) mass is 504 g/mol. The van der Waals surface area contributed by atoms with Crippen LogP contribution in [0.5, 0.6) is 0 Å². The van der Waals surface area contributed by atoms with Gasteiger partial charge in [-0.3, -0.25) is 19.4 Å². The molecule has 0 aromatic carbocycles. The van der Waals surface area contributed by atoms with E-state index in [0.717, 1.165) is 58.8 Å². The Bertz CT molecular complexity index is 761. The lowest BCUT2D eigenvalue weighted by Gasteiger charge is -2.44. The van der Waals surface area contributed by atoms with Gasteiger partial charge >= 0.3 is 0 Å². The van der Waals surface area contributed by atoms with Crippen LogP contribution < -0.4 is 5.32 Å². The summed E-state index contributed by atoms with van der Waals surface area (Å²) < 4.78 is 10.9. The number of piperidine rings is 1. The number of likely N-dealkylation sites (tertiary alicyclic amines) is 1. The van der Waals surface area contributed by atoms with Crippen molar-refractivity contribution in [2.45, 2.75) is 38.6 Å². The maximum atomic E-state index is 13.6. The average molecular weight is 505 g/mol. The summed E-state index contributed by atoms with van der Waals surface area (Å²) in [6.45, 7) is 13.1. The number of likely N-dealkylation sites (N-methyl/N-ethyl adjacent to an activating group) is 1. The van der Waals surface area contributed by atoms with Gasteiger partial charge in [0.1, 0.15) is 11.5 Å². The van der Waals surface area contributed by atoms with E-state index < -0.39 is 5.41 Å². The largest absolute Gasteiger partial charge is 0.381 e. The smallest absolute Gasteiger partial charge is 0.243 e. The second-order valence-electron chi connectivity index (χ2n) is 10.7. The number of nitrogens with one attached hydrogen (secondary N) is 1. The second-order valence-corrected chi connectivity index (χ2v) is 10.7. The molecule has 4 rings (SSSR count). The number of carbonyl (C=O) groups excluding carboxylic acids is 2. The number of hydrogen-bond acceptors (Lipinski definition) is 8. The lowest BCUT2D eigenvalue weighted by atomic mass is 9.78. The van der Waals surface area contributed by atoms with Gasteiger partial charge < -0.3 is 24.6 Å². The van der Waals surface area contributed by atoms with Crippen LogP contribution in [0.2, 0.25) is 0 Å². The first-order valence-electron chi connectivity index (χ1n) is 13.9. The van der Waals surface area contributed by atoms with Crippen LogP contribution in [0.15, 0.2) is 0 Å². The molecule has 0 aliphatic carbocycles. The van der Waals surface area contributed by atoms with Gasteiger partial charge in [-0.1, -0.05) is 0 Å². The topological polar surface area (TPSA) is 101 Å². The number of nitrogens with zero attached hydrogens (tertiary/aromatic N) is 5. The Morgan fingerprint density at radius 3 is 2.19 bits per heavy atom. The van der Waals surface area contributed by atoms with E-state index in [-0.39, 0.29) is 17.9 Å². The van der Waals surface area contributed by atoms with Crippen molar-refractivity contribution in [1.29, 1.82) is 5.26 Å². The summed E-state index contributed by atoms with van der Waals surface area (Å²) in [6, 6.07) is 2.19. The first-order valence-corrected chi connectivity index (χ1v) is 13.9. The molecule has 4 saturated heterocycles. The molecule has 202 valence electrons. The van der Waals surface area contributed by atoms with E-state index in [4.69, 9.17) is 9.47 Å². The number of carbonyl (C=O) groups is 2. The van der Waals surface area contributed by atoms with Crippen molar-refractivity contribution in [1.82, 2.24) is 24.9 Å². The average Bonchev–Trinajstić information content (AvgIpc) is 2.93. The number of ether oxygens (including phenoxy) is 2. The molecule has 2 amide bonds. The molecule has 0 radical (unpaired) electrons. The third-order valence-electron chi connectivity index (χ3n) is 8.42. The van der Waals surface area contributed by atoms with Crippen LogP contribution in [0.1, 0.15) is 32.6 Å². The summed E-state index contributed by atoms with van der Waals surface area (Å²) in [5.74, 6) is 0.694. The highest BCUT2D eigenvalue weighted by Gasteiger charge is 2.45. The highest BCUT2D eigenvalue weighted by molar-refractivity contribution is 5.86. The number of nitriles is 1. The van der Waals surface area contributed by atoms with E-state index in [9.17, 15) is 14.9 Å². The van der Waals surface area contributed by atoms with Crippen molar-refractivity contribution in [3.8, 4) is 6.07 Å². The lowest BCUT2D eigenvalue weighted by molar-refractivity contribution is -0.144. The minimum absolute atomic E-state index is 0.0156. The van der Waals surface area contributed by atoms with Gasteiger partial charge in [0, 0.05) is 85.2 Å². The Morgan fingerprint density at radius 2 is 1.58 bits per heavy atom. The Balaban J connectivity index is 1.30. The molecular weight excluding hydrogens is 460 g/mol. The lowest BCUT2D eigenvalue weighted by Crippen LogP contribution is -2.61. The predicted molar refractivity (Wildman–Crippen MR) is 135 cm³/mol. The number of rotatable bonds is 8. The maximum absolute atomic E-state index is 13.6. The highest BCUT2D eigenvalue weighted by Crippen LogP contribution is 2.34. The molecule has 10 nitrogen and oxygen atoms in total. The number of hydrogen-bond donors (Lipinski definition) is 1. The molecule has 1 N–H and O–H groups in total. The Labute approximate surface area is 215 Å². The molecule has 0 spiro atoms. The molecule has 4 aliphatic heterocycles. The van der Waals surface area contributed by atoms with Crippen molar-refractivity contribution in [3.05, 3.63) is 0 Å². The number of morpholine rings is 1. The van der Waals surface area contributed by atoms with Crippen LogP contribution in [0, 0.1) is 22.7 Å². The Kier molecular flexibility index (Phi) is 9.96. The zero-order chi connectivity index (χ0) is 25.4. The van der Waals surface area contributed by atoms with Gasteiger partial charge in [-0.25, -0.2) is 0 Å². The van der Waals surface area contributed by atoms with Crippen molar-refractivity contribution in [2.24, 2.45) is 11.3 Å². The van der Waals surface area contributed by atoms with Gasteiger partial charge in [-0.15, -0.1) is 0 Å². The molecule has 0 aromatic heterocycles. The summed E-state index contributed by atoms with van der Waals surface area (Å²) in [6.07, 6.45) is 3.41. The molecule has 4 fully saturated rings. The molecular formula is C26H44N6O4. The molecule has 0 saturated carbocycles. The fraction of sp³-hybridized carbons (Fsp3) is 0.885. The first-order chi connectivity index (χ1) is 17.5. The Morgan fingerprint density at radius 1 is 0.944 bits per heavy atom. The first kappa shape index (κ1) is 27.3. The minimum Gasteiger partial charge on any atom is -0.381 e. The molecule has 1 unspecified atom stereocenters. The van der Waals surface area contributed by atoms with E-state index in [1.165, 1.54) is 0 Å². The standard InChI is InChI=1S/C26H44N6O4/c1-2-28-24(33)23(20-30-13-17-36-18-14-30)31-9-11-32(12-10-31)25(34)26(21-27)5-7-29(8-6-26)19-22-3-15-35-16-4-22/h22-23H,2-20H2,1H3,(H,28,33). The molecule has 10 heteroatoms. The van der Waals surface area contributed by atoms with Crippen molar-refractivity contribution < 1.29 is 19.1 Å². The van der Waals surface area contributed by atoms with Crippen molar-refractivity contribution in [3.63, 3.8) is 0 Å². The highest BCUT2D eigenvalue weighted by atomic mass is 16.5. The van der Waals surface area contributed by atoms with Gasteiger partial charge in [-0.2, -0.15) is 5.26 Å².